The minimum atomic E-state index is -0.273. The van der Waals surface area contributed by atoms with Crippen LogP contribution in [0.25, 0.3) is 0 Å². The lowest BCUT2D eigenvalue weighted by Gasteiger charge is -2.72. The van der Waals surface area contributed by atoms with E-state index in [-0.39, 0.29) is 17.5 Å². The van der Waals surface area contributed by atoms with Gasteiger partial charge in [-0.3, -0.25) is 0 Å². The van der Waals surface area contributed by atoms with Crippen LogP contribution in [0.4, 0.5) is 0 Å². The summed E-state index contributed by atoms with van der Waals surface area (Å²) in [5.41, 5.74) is 0.680. The summed E-state index contributed by atoms with van der Waals surface area (Å²) in [7, 11) is 0. The number of hydrogen-bond acceptors (Lipinski definition) is 2. The molecule has 0 heterocycles. The smallest absolute Gasteiger partial charge is 0.330 e. The summed E-state index contributed by atoms with van der Waals surface area (Å²) in [6.45, 7) is 10.3. The molecule has 2 fully saturated rings. The van der Waals surface area contributed by atoms with E-state index < -0.39 is 0 Å². The largest absolute Gasteiger partial charge is 0.459 e. The van der Waals surface area contributed by atoms with E-state index in [0.29, 0.717) is 11.3 Å². The Hall–Kier alpha value is -0.790. The molecule has 0 aromatic carbocycles. The zero-order valence-electron chi connectivity index (χ0n) is 9.88. The van der Waals surface area contributed by atoms with Gasteiger partial charge in [0.1, 0.15) is 6.10 Å². The van der Waals surface area contributed by atoms with Crippen LogP contribution in [-0.2, 0) is 9.53 Å². The number of hydrogen-bond donors (Lipinski definition) is 0. The molecule has 0 saturated heterocycles. The third kappa shape index (κ3) is 1.14. The van der Waals surface area contributed by atoms with Crippen LogP contribution < -0.4 is 0 Å². The summed E-state index contributed by atoms with van der Waals surface area (Å²) >= 11 is 0. The Bertz CT molecular complexity index is 308. The molecule has 0 radical (unpaired) electrons. The van der Waals surface area contributed by atoms with Crippen LogP contribution in [0.2, 0.25) is 0 Å². The molecule has 0 aromatic heterocycles. The minimum absolute atomic E-state index is 0.124. The van der Waals surface area contributed by atoms with E-state index in [1.165, 1.54) is 18.9 Å². The second-order valence-electron chi connectivity index (χ2n) is 5.56. The molecule has 2 rings (SSSR count). The topological polar surface area (TPSA) is 26.3 Å². The van der Waals surface area contributed by atoms with E-state index >= 15 is 0 Å². The highest BCUT2D eigenvalue weighted by Gasteiger charge is 2.70. The van der Waals surface area contributed by atoms with E-state index in [2.05, 4.69) is 27.4 Å². The molecule has 0 aliphatic heterocycles. The molecule has 2 nitrogen and oxygen atoms in total. The van der Waals surface area contributed by atoms with Crippen molar-refractivity contribution in [1.29, 1.82) is 0 Å². The van der Waals surface area contributed by atoms with Crippen LogP contribution in [0.15, 0.2) is 12.7 Å². The number of esters is 1. The highest BCUT2D eigenvalue weighted by atomic mass is 16.5. The molecule has 0 N–H and O–H groups in total. The van der Waals surface area contributed by atoms with Crippen molar-refractivity contribution in [3.63, 3.8) is 0 Å². The number of fused-ring (bicyclic) bond motifs is 1. The first-order valence-corrected chi connectivity index (χ1v) is 5.79. The maximum absolute atomic E-state index is 11.2. The van der Waals surface area contributed by atoms with Crippen molar-refractivity contribution in [3.05, 3.63) is 12.7 Å². The summed E-state index contributed by atoms with van der Waals surface area (Å²) in [5.74, 6) is 0.417. The van der Waals surface area contributed by atoms with Crippen LogP contribution >= 0.6 is 0 Å². The standard InChI is InChI=1S/C13H20O2/c1-5-11(14)15-10-8-13(9(2)3)7-6-12(10,13)4/h5,9-10H,1,6-8H2,2-4H3/t10?,12-,13?/m0/s1. The molecule has 0 spiro atoms. The normalized spacial score (nSPS) is 42.5. The number of carbonyl (C=O) groups excluding carboxylic acids is 1. The first-order chi connectivity index (χ1) is 6.96. The van der Waals surface area contributed by atoms with Crippen LogP contribution in [0.3, 0.4) is 0 Å². The van der Waals surface area contributed by atoms with Crippen molar-refractivity contribution in [3.8, 4) is 0 Å². The molecule has 2 aliphatic rings. The summed E-state index contributed by atoms with van der Waals surface area (Å²) in [6.07, 6.45) is 4.92. The molecule has 15 heavy (non-hydrogen) atoms. The SMILES string of the molecule is C=CC(=O)OC1CC2(C(C)C)CC[C@@]12C. The molecule has 0 aromatic rings. The van der Waals surface area contributed by atoms with Crippen molar-refractivity contribution in [1.82, 2.24) is 0 Å². The fourth-order valence-corrected chi connectivity index (χ4v) is 3.63. The van der Waals surface area contributed by atoms with Crippen LogP contribution in [0.5, 0.6) is 0 Å². The molecule has 84 valence electrons. The maximum atomic E-state index is 11.2. The van der Waals surface area contributed by atoms with Gasteiger partial charge in [-0.25, -0.2) is 4.79 Å². The van der Waals surface area contributed by atoms with E-state index in [0.717, 1.165) is 6.42 Å². The third-order valence-corrected chi connectivity index (χ3v) is 5.02. The average Bonchev–Trinajstić information content (AvgIpc) is 2.20. The Morgan fingerprint density at radius 2 is 2.20 bits per heavy atom. The van der Waals surface area contributed by atoms with E-state index in [1.54, 1.807) is 0 Å². The highest BCUT2D eigenvalue weighted by molar-refractivity contribution is 5.81. The van der Waals surface area contributed by atoms with Crippen molar-refractivity contribution >= 4 is 5.97 Å². The molecule has 2 aliphatic carbocycles. The molecule has 2 heteroatoms. The Kier molecular flexibility index (Phi) is 2.21. The fourth-order valence-electron chi connectivity index (χ4n) is 3.63. The van der Waals surface area contributed by atoms with Gasteiger partial charge in [-0.2, -0.15) is 0 Å². The molecule has 2 unspecified atom stereocenters. The van der Waals surface area contributed by atoms with Gasteiger partial charge in [-0.1, -0.05) is 27.4 Å². The van der Waals surface area contributed by atoms with Crippen molar-refractivity contribution in [2.75, 3.05) is 0 Å². The van der Waals surface area contributed by atoms with Gasteiger partial charge >= 0.3 is 5.97 Å². The predicted molar refractivity (Wildman–Crippen MR) is 59.3 cm³/mol. The van der Waals surface area contributed by atoms with Gasteiger partial charge in [0.15, 0.2) is 0 Å². The Morgan fingerprint density at radius 3 is 2.53 bits per heavy atom. The number of carbonyl (C=O) groups is 1. The summed E-state index contributed by atoms with van der Waals surface area (Å²) in [4.78, 5) is 11.2. The molecular formula is C13H20O2. The Morgan fingerprint density at radius 1 is 1.53 bits per heavy atom. The quantitative estimate of drug-likeness (QED) is 0.526. The highest BCUT2D eigenvalue weighted by Crippen LogP contribution is 2.73. The summed E-state index contributed by atoms with van der Waals surface area (Å²) in [5, 5.41) is 0. The third-order valence-electron chi connectivity index (χ3n) is 5.02. The molecule has 0 amide bonds. The molecule has 0 bridgehead atoms. The minimum Gasteiger partial charge on any atom is -0.459 e. The Labute approximate surface area is 91.7 Å². The lowest BCUT2D eigenvalue weighted by atomic mass is 9.34. The van der Waals surface area contributed by atoms with Gasteiger partial charge in [0.2, 0.25) is 0 Å². The van der Waals surface area contributed by atoms with Crippen molar-refractivity contribution < 1.29 is 9.53 Å². The van der Waals surface area contributed by atoms with Crippen LogP contribution in [-0.4, -0.2) is 12.1 Å². The Balaban J connectivity index is 2.05. The molecular weight excluding hydrogens is 188 g/mol. The van der Waals surface area contributed by atoms with Crippen molar-refractivity contribution in [2.45, 2.75) is 46.1 Å². The number of ether oxygens (including phenoxy) is 1. The first kappa shape index (κ1) is 10.7. The second-order valence-corrected chi connectivity index (χ2v) is 5.56. The van der Waals surface area contributed by atoms with E-state index in [9.17, 15) is 4.79 Å². The van der Waals surface area contributed by atoms with Gasteiger partial charge < -0.3 is 4.74 Å². The van der Waals surface area contributed by atoms with Gasteiger partial charge in [0, 0.05) is 11.5 Å². The lowest BCUT2D eigenvalue weighted by Crippen LogP contribution is -2.69. The number of rotatable bonds is 3. The summed E-state index contributed by atoms with van der Waals surface area (Å²) in [6, 6.07) is 0. The van der Waals surface area contributed by atoms with Gasteiger partial charge in [0.25, 0.3) is 0 Å². The molecule has 3 atom stereocenters. The predicted octanol–water partition coefficient (Wildman–Crippen LogP) is 2.93. The van der Waals surface area contributed by atoms with Gasteiger partial charge in [-0.15, -0.1) is 0 Å². The maximum Gasteiger partial charge on any atom is 0.330 e. The summed E-state index contributed by atoms with van der Waals surface area (Å²) < 4.78 is 5.39. The zero-order chi connectivity index (χ0) is 11.3. The van der Waals surface area contributed by atoms with Crippen LogP contribution in [0, 0.1) is 16.7 Å². The fraction of sp³-hybridized carbons (Fsp3) is 0.769. The lowest BCUT2D eigenvalue weighted by molar-refractivity contribution is -0.278. The van der Waals surface area contributed by atoms with Gasteiger partial charge in [-0.05, 0) is 30.6 Å². The van der Waals surface area contributed by atoms with E-state index in [1.807, 2.05) is 0 Å². The molecule has 2 saturated carbocycles. The van der Waals surface area contributed by atoms with Crippen molar-refractivity contribution in [2.24, 2.45) is 16.7 Å². The average molecular weight is 208 g/mol. The van der Waals surface area contributed by atoms with Crippen LogP contribution in [0.1, 0.15) is 40.0 Å². The van der Waals surface area contributed by atoms with E-state index in [4.69, 9.17) is 4.74 Å². The first-order valence-electron chi connectivity index (χ1n) is 5.79. The monoisotopic (exact) mass is 208 g/mol. The van der Waals surface area contributed by atoms with Gasteiger partial charge in [0.05, 0.1) is 0 Å². The zero-order valence-corrected chi connectivity index (χ0v) is 9.88. The second kappa shape index (κ2) is 3.10.